The second-order valence-electron chi connectivity index (χ2n) is 6.50. The molecular formula is C17H27NO3S. The van der Waals surface area contributed by atoms with Gasteiger partial charge >= 0.3 is 0 Å². The molecule has 124 valence electrons. The molecular weight excluding hydrogens is 298 g/mol. The lowest BCUT2D eigenvalue weighted by molar-refractivity contribution is 0.0723. The molecule has 0 spiro atoms. The Morgan fingerprint density at radius 3 is 2.18 bits per heavy atom. The first kappa shape index (κ1) is 17.4. The molecule has 1 fully saturated rings. The van der Waals surface area contributed by atoms with Crippen LogP contribution in [0.25, 0.3) is 0 Å². The zero-order chi connectivity index (χ0) is 16.2. The van der Waals surface area contributed by atoms with E-state index in [1.54, 1.807) is 0 Å². The number of ether oxygens (including phenoxy) is 1. The molecule has 1 heterocycles. The SMILES string of the molecule is CC(C)c1ccc([C@@H](C)NS(=O)(=O)CC2CCOCC2)cc1. The van der Waals surface area contributed by atoms with Crippen molar-refractivity contribution in [1.82, 2.24) is 4.72 Å². The summed E-state index contributed by atoms with van der Waals surface area (Å²) in [6.45, 7) is 7.54. The van der Waals surface area contributed by atoms with E-state index in [0.29, 0.717) is 19.1 Å². The largest absolute Gasteiger partial charge is 0.381 e. The van der Waals surface area contributed by atoms with E-state index < -0.39 is 10.0 Å². The van der Waals surface area contributed by atoms with E-state index >= 15 is 0 Å². The van der Waals surface area contributed by atoms with Crippen LogP contribution >= 0.6 is 0 Å². The third-order valence-electron chi connectivity index (χ3n) is 4.26. The van der Waals surface area contributed by atoms with Gasteiger partial charge in [0, 0.05) is 19.3 Å². The van der Waals surface area contributed by atoms with Gasteiger partial charge in [0.1, 0.15) is 0 Å². The van der Waals surface area contributed by atoms with Gasteiger partial charge in [0.2, 0.25) is 10.0 Å². The van der Waals surface area contributed by atoms with Crippen LogP contribution in [-0.4, -0.2) is 27.4 Å². The number of nitrogens with one attached hydrogen (secondary N) is 1. The zero-order valence-corrected chi connectivity index (χ0v) is 14.5. The fourth-order valence-corrected chi connectivity index (χ4v) is 4.50. The van der Waals surface area contributed by atoms with Gasteiger partial charge in [0.15, 0.2) is 0 Å². The van der Waals surface area contributed by atoms with Gasteiger partial charge in [-0.25, -0.2) is 13.1 Å². The van der Waals surface area contributed by atoms with Crippen LogP contribution in [0.5, 0.6) is 0 Å². The molecule has 0 bridgehead atoms. The molecule has 0 aliphatic carbocycles. The van der Waals surface area contributed by atoms with Crippen molar-refractivity contribution in [3.63, 3.8) is 0 Å². The van der Waals surface area contributed by atoms with Crippen molar-refractivity contribution >= 4 is 10.0 Å². The maximum Gasteiger partial charge on any atom is 0.212 e. The molecule has 1 aliphatic heterocycles. The molecule has 1 aliphatic rings. The number of hydrogen-bond acceptors (Lipinski definition) is 3. The molecule has 1 saturated heterocycles. The summed E-state index contributed by atoms with van der Waals surface area (Å²) in [6, 6.07) is 7.96. The molecule has 1 aromatic carbocycles. The molecule has 22 heavy (non-hydrogen) atoms. The summed E-state index contributed by atoms with van der Waals surface area (Å²) in [5.41, 5.74) is 2.26. The number of hydrogen-bond donors (Lipinski definition) is 1. The summed E-state index contributed by atoms with van der Waals surface area (Å²) in [5, 5.41) is 0. The first-order valence-corrected chi connectivity index (χ1v) is 9.70. The lowest BCUT2D eigenvalue weighted by Gasteiger charge is -2.23. The topological polar surface area (TPSA) is 55.4 Å². The Morgan fingerprint density at radius 1 is 1.09 bits per heavy atom. The standard InChI is InChI=1S/C17H27NO3S/c1-13(2)16-4-6-17(7-5-16)14(3)18-22(19,20)12-15-8-10-21-11-9-15/h4-7,13-15,18H,8-12H2,1-3H3/t14-/m1/s1. The second-order valence-corrected chi connectivity index (χ2v) is 8.30. The Kier molecular flexibility index (Phi) is 6.01. The predicted molar refractivity (Wildman–Crippen MR) is 89.4 cm³/mol. The van der Waals surface area contributed by atoms with Crippen LogP contribution < -0.4 is 4.72 Å². The van der Waals surface area contributed by atoms with Crippen LogP contribution in [0.15, 0.2) is 24.3 Å². The highest BCUT2D eigenvalue weighted by Gasteiger charge is 2.23. The van der Waals surface area contributed by atoms with Crippen LogP contribution in [0.4, 0.5) is 0 Å². The first-order valence-electron chi connectivity index (χ1n) is 8.05. The molecule has 1 N–H and O–H groups in total. The lowest BCUT2D eigenvalue weighted by Crippen LogP contribution is -2.33. The van der Waals surface area contributed by atoms with Gasteiger partial charge in [0.25, 0.3) is 0 Å². The minimum atomic E-state index is -3.26. The monoisotopic (exact) mass is 325 g/mol. The summed E-state index contributed by atoms with van der Waals surface area (Å²) >= 11 is 0. The molecule has 0 radical (unpaired) electrons. The van der Waals surface area contributed by atoms with E-state index in [1.165, 1.54) is 5.56 Å². The van der Waals surface area contributed by atoms with Crippen LogP contribution in [0.2, 0.25) is 0 Å². The lowest BCUT2D eigenvalue weighted by atomic mass is 10.00. The Labute approximate surface area is 134 Å². The number of rotatable bonds is 6. The van der Waals surface area contributed by atoms with Crippen molar-refractivity contribution in [3.8, 4) is 0 Å². The fraction of sp³-hybridized carbons (Fsp3) is 0.647. The zero-order valence-electron chi connectivity index (χ0n) is 13.7. The van der Waals surface area contributed by atoms with Crippen LogP contribution in [0.3, 0.4) is 0 Å². The molecule has 0 amide bonds. The molecule has 0 saturated carbocycles. The van der Waals surface area contributed by atoms with Gasteiger partial charge in [0.05, 0.1) is 5.75 Å². The maximum atomic E-state index is 12.3. The highest BCUT2D eigenvalue weighted by Crippen LogP contribution is 2.21. The first-order chi connectivity index (χ1) is 10.4. The third kappa shape index (κ3) is 5.07. The van der Waals surface area contributed by atoms with Gasteiger partial charge in [-0.2, -0.15) is 0 Å². The molecule has 4 nitrogen and oxygen atoms in total. The van der Waals surface area contributed by atoms with E-state index in [9.17, 15) is 8.42 Å². The van der Waals surface area contributed by atoms with Crippen LogP contribution in [0, 0.1) is 5.92 Å². The van der Waals surface area contributed by atoms with Crippen molar-refractivity contribution in [2.45, 2.75) is 45.6 Å². The van der Waals surface area contributed by atoms with E-state index in [-0.39, 0.29) is 17.7 Å². The highest BCUT2D eigenvalue weighted by molar-refractivity contribution is 7.89. The molecule has 2 rings (SSSR count). The number of sulfonamides is 1. The molecule has 1 atom stereocenters. The average Bonchev–Trinajstić information content (AvgIpc) is 2.47. The summed E-state index contributed by atoms with van der Waals surface area (Å²) in [5.74, 6) is 0.890. The molecule has 0 unspecified atom stereocenters. The minimum Gasteiger partial charge on any atom is -0.381 e. The summed E-state index contributed by atoms with van der Waals surface area (Å²) in [4.78, 5) is 0. The van der Waals surface area contributed by atoms with E-state index in [0.717, 1.165) is 18.4 Å². The predicted octanol–water partition coefficient (Wildman–Crippen LogP) is 3.22. The van der Waals surface area contributed by atoms with Gasteiger partial charge in [-0.15, -0.1) is 0 Å². The van der Waals surface area contributed by atoms with Crippen molar-refractivity contribution in [1.29, 1.82) is 0 Å². The van der Waals surface area contributed by atoms with Crippen LogP contribution in [-0.2, 0) is 14.8 Å². The minimum absolute atomic E-state index is 0.199. The Hall–Kier alpha value is -0.910. The quantitative estimate of drug-likeness (QED) is 0.874. The Bertz CT molecular complexity index is 560. The summed E-state index contributed by atoms with van der Waals surface area (Å²) in [7, 11) is -3.26. The maximum absolute atomic E-state index is 12.3. The Balaban J connectivity index is 1.95. The fourth-order valence-electron chi connectivity index (χ4n) is 2.78. The van der Waals surface area contributed by atoms with Crippen LogP contribution in [0.1, 0.15) is 56.7 Å². The average molecular weight is 325 g/mol. The van der Waals surface area contributed by atoms with Crippen molar-refractivity contribution in [2.75, 3.05) is 19.0 Å². The molecule has 5 heteroatoms. The normalized spacial score (nSPS) is 18.5. The third-order valence-corrected chi connectivity index (χ3v) is 5.88. The van der Waals surface area contributed by atoms with E-state index in [2.05, 4.69) is 30.7 Å². The summed E-state index contributed by atoms with van der Waals surface area (Å²) in [6.07, 6.45) is 1.66. The van der Waals surface area contributed by atoms with E-state index in [4.69, 9.17) is 4.74 Å². The smallest absolute Gasteiger partial charge is 0.212 e. The van der Waals surface area contributed by atoms with Gasteiger partial charge in [-0.05, 0) is 42.7 Å². The van der Waals surface area contributed by atoms with Gasteiger partial charge in [-0.1, -0.05) is 38.1 Å². The molecule has 0 aromatic heterocycles. The number of benzene rings is 1. The van der Waals surface area contributed by atoms with Gasteiger partial charge < -0.3 is 4.74 Å². The molecule has 1 aromatic rings. The van der Waals surface area contributed by atoms with E-state index in [1.807, 2.05) is 19.1 Å². The van der Waals surface area contributed by atoms with Crippen molar-refractivity contribution in [3.05, 3.63) is 35.4 Å². The van der Waals surface area contributed by atoms with Crippen molar-refractivity contribution < 1.29 is 13.2 Å². The highest BCUT2D eigenvalue weighted by atomic mass is 32.2. The second kappa shape index (κ2) is 7.57. The Morgan fingerprint density at radius 2 is 1.64 bits per heavy atom. The van der Waals surface area contributed by atoms with Gasteiger partial charge in [-0.3, -0.25) is 0 Å². The van der Waals surface area contributed by atoms with Crippen molar-refractivity contribution in [2.24, 2.45) is 5.92 Å². The summed E-state index contributed by atoms with van der Waals surface area (Å²) < 4.78 is 32.7.